The minimum absolute atomic E-state index is 0.398. The highest BCUT2D eigenvalue weighted by Gasteiger charge is 2.27. The molecule has 0 radical (unpaired) electrons. The summed E-state index contributed by atoms with van der Waals surface area (Å²) in [6.45, 7) is 5.08. The fourth-order valence-electron chi connectivity index (χ4n) is 4.29. The van der Waals surface area contributed by atoms with Gasteiger partial charge in [-0.15, -0.1) is 0 Å². The van der Waals surface area contributed by atoms with Crippen LogP contribution in [0.3, 0.4) is 0 Å². The van der Waals surface area contributed by atoms with E-state index in [-0.39, 0.29) is 0 Å². The van der Waals surface area contributed by atoms with Crippen LogP contribution in [0.2, 0.25) is 0 Å². The molecule has 4 heterocycles. The first-order valence-electron chi connectivity index (χ1n) is 10.7. The van der Waals surface area contributed by atoms with Crippen molar-refractivity contribution >= 4 is 22.7 Å². The SMILES string of the molecule is c1ccc2nc(CN3CC(Nc4nccc(N5CCCCCC5)n4)C3)ccc2c1. The number of pyridine rings is 1. The van der Waals surface area contributed by atoms with Crippen LogP contribution < -0.4 is 10.2 Å². The van der Waals surface area contributed by atoms with E-state index in [4.69, 9.17) is 9.97 Å². The molecule has 1 aromatic carbocycles. The molecule has 5 rings (SSSR count). The number of hydrogen-bond donors (Lipinski definition) is 1. The second kappa shape index (κ2) is 8.33. The van der Waals surface area contributed by atoms with Crippen LogP contribution >= 0.6 is 0 Å². The van der Waals surface area contributed by atoms with Crippen molar-refractivity contribution in [3.05, 3.63) is 54.4 Å². The molecule has 2 fully saturated rings. The largest absolute Gasteiger partial charge is 0.356 e. The van der Waals surface area contributed by atoms with Crippen LogP contribution in [0, 0.1) is 0 Å². The third-order valence-corrected chi connectivity index (χ3v) is 5.90. The molecule has 2 aromatic heterocycles. The van der Waals surface area contributed by atoms with Crippen LogP contribution in [0.25, 0.3) is 10.9 Å². The maximum absolute atomic E-state index is 4.78. The third kappa shape index (κ3) is 4.32. The summed E-state index contributed by atoms with van der Waals surface area (Å²) in [5.41, 5.74) is 2.19. The summed E-state index contributed by atoms with van der Waals surface area (Å²) in [6, 6.07) is 15.0. The highest BCUT2D eigenvalue weighted by Crippen LogP contribution is 2.20. The van der Waals surface area contributed by atoms with Gasteiger partial charge < -0.3 is 10.2 Å². The van der Waals surface area contributed by atoms with E-state index >= 15 is 0 Å². The van der Waals surface area contributed by atoms with Crippen molar-refractivity contribution in [2.75, 3.05) is 36.4 Å². The Morgan fingerprint density at radius 1 is 0.897 bits per heavy atom. The molecule has 0 bridgehead atoms. The van der Waals surface area contributed by atoms with Crippen LogP contribution in [-0.2, 0) is 6.54 Å². The number of benzene rings is 1. The van der Waals surface area contributed by atoms with E-state index in [0.29, 0.717) is 6.04 Å². The number of rotatable bonds is 5. The van der Waals surface area contributed by atoms with Crippen molar-refractivity contribution in [1.82, 2.24) is 19.9 Å². The Morgan fingerprint density at radius 3 is 2.59 bits per heavy atom. The molecule has 150 valence electrons. The molecule has 0 amide bonds. The lowest BCUT2D eigenvalue weighted by Crippen LogP contribution is -2.54. The van der Waals surface area contributed by atoms with Gasteiger partial charge in [-0.25, -0.2) is 4.98 Å². The Morgan fingerprint density at radius 2 is 1.72 bits per heavy atom. The molecule has 2 aliphatic heterocycles. The first-order chi connectivity index (χ1) is 14.3. The van der Waals surface area contributed by atoms with Gasteiger partial charge in [0, 0.05) is 44.3 Å². The van der Waals surface area contributed by atoms with E-state index in [0.717, 1.165) is 55.7 Å². The van der Waals surface area contributed by atoms with Crippen LogP contribution in [0.4, 0.5) is 11.8 Å². The van der Waals surface area contributed by atoms with E-state index in [9.17, 15) is 0 Å². The summed E-state index contributed by atoms with van der Waals surface area (Å²) in [5, 5.41) is 4.70. The zero-order valence-corrected chi connectivity index (χ0v) is 16.8. The predicted octanol–water partition coefficient (Wildman–Crippen LogP) is 3.70. The Balaban J connectivity index is 1.16. The third-order valence-electron chi connectivity index (χ3n) is 5.90. The Hall–Kier alpha value is -2.73. The molecule has 0 unspecified atom stereocenters. The molecule has 0 aliphatic carbocycles. The summed E-state index contributed by atoms with van der Waals surface area (Å²) in [4.78, 5) is 18.8. The highest BCUT2D eigenvalue weighted by molar-refractivity contribution is 5.78. The molecule has 0 atom stereocenters. The summed E-state index contributed by atoms with van der Waals surface area (Å²) >= 11 is 0. The van der Waals surface area contributed by atoms with Crippen molar-refractivity contribution in [3.63, 3.8) is 0 Å². The summed E-state index contributed by atoms with van der Waals surface area (Å²) in [7, 11) is 0. The lowest BCUT2D eigenvalue weighted by Gasteiger charge is -2.39. The van der Waals surface area contributed by atoms with Crippen molar-refractivity contribution < 1.29 is 0 Å². The van der Waals surface area contributed by atoms with Crippen LogP contribution in [0.5, 0.6) is 0 Å². The first kappa shape index (κ1) is 18.3. The number of anilines is 2. The van der Waals surface area contributed by atoms with Gasteiger partial charge in [-0.05, 0) is 31.0 Å². The fraction of sp³-hybridized carbons (Fsp3) is 0.435. The second-order valence-electron chi connectivity index (χ2n) is 8.17. The number of hydrogen-bond acceptors (Lipinski definition) is 6. The lowest BCUT2D eigenvalue weighted by atomic mass is 10.1. The number of likely N-dealkylation sites (tertiary alicyclic amines) is 1. The van der Waals surface area contributed by atoms with E-state index < -0.39 is 0 Å². The van der Waals surface area contributed by atoms with Gasteiger partial charge in [0.2, 0.25) is 5.95 Å². The minimum Gasteiger partial charge on any atom is -0.356 e. The van der Waals surface area contributed by atoms with Crippen molar-refractivity contribution in [3.8, 4) is 0 Å². The van der Waals surface area contributed by atoms with Gasteiger partial charge in [-0.1, -0.05) is 37.1 Å². The molecular weight excluding hydrogens is 360 g/mol. The average molecular weight is 389 g/mol. The monoisotopic (exact) mass is 388 g/mol. The van der Waals surface area contributed by atoms with Crippen LogP contribution in [0.15, 0.2) is 48.7 Å². The van der Waals surface area contributed by atoms with Crippen molar-refractivity contribution in [1.29, 1.82) is 0 Å². The van der Waals surface area contributed by atoms with Gasteiger partial charge in [-0.3, -0.25) is 9.88 Å². The minimum atomic E-state index is 0.398. The van der Waals surface area contributed by atoms with Gasteiger partial charge in [0.05, 0.1) is 17.3 Å². The van der Waals surface area contributed by atoms with E-state index in [1.54, 1.807) is 0 Å². The van der Waals surface area contributed by atoms with E-state index in [1.807, 2.05) is 18.3 Å². The standard InChI is InChI=1S/C23H28N6/c1-2-6-14-29(13-5-1)22-11-12-24-23(27-22)26-20-16-28(17-20)15-19-10-9-18-7-3-4-8-21(18)25-19/h3-4,7-12,20H,1-2,5-6,13-17H2,(H,24,26,27). The summed E-state index contributed by atoms with van der Waals surface area (Å²) in [5.74, 6) is 1.81. The maximum Gasteiger partial charge on any atom is 0.224 e. The Labute approximate surface area is 172 Å². The van der Waals surface area contributed by atoms with Gasteiger partial charge in [0.25, 0.3) is 0 Å². The summed E-state index contributed by atoms with van der Waals surface area (Å²) < 4.78 is 0. The molecule has 0 spiro atoms. The topological polar surface area (TPSA) is 57.2 Å². The zero-order chi connectivity index (χ0) is 19.5. The van der Waals surface area contributed by atoms with Crippen LogP contribution in [-0.4, -0.2) is 52.1 Å². The first-order valence-corrected chi connectivity index (χ1v) is 10.7. The molecule has 2 aliphatic rings. The molecule has 0 saturated carbocycles. The molecule has 1 N–H and O–H groups in total. The molecule has 29 heavy (non-hydrogen) atoms. The maximum atomic E-state index is 4.78. The smallest absolute Gasteiger partial charge is 0.224 e. The highest BCUT2D eigenvalue weighted by atomic mass is 15.3. The van der Waals surface area contributed by atoms with Crippen LogP contribution in [0.1, 0.15) is 31.4 Å². The Kier molecular flexibility index (Phi) is 5.26. The predicted molar refractivity (Wildman–Crippen MR) is 117 cm³/mol. The summed E-state index contributed by atoms with van der Waals surface area (Å²) in [6.07, 6.45) is 7.05. The normalized spacial score (nSPS) is 18.4. The van der Waals surface area contributed by atoms with Crippen molar-refractivity contribution in [2.24, 2.45) is 0 Å². The van der Waals surface area contributed by atoms with Gasteiger partial charge in [0.1, 0.15) is 5.82 Å². The number of nitrogens with zero attached hydrogens (tertiary/aromatic N) is 5. The quantitative estimate of drug-likeness (QED) is 0.719. The second-order valence-corrected chi connectivity index (χ2v) is 8.17. The lowest BCUT2D eigenvalue weighted by molar-refractivity contribution is 0.151. The molecule has 6 heteroatoms. The van der Waals surface area contributed by atoms with Gasteiger partial charge in [0.15, 0.2) is 0 Å². The number of nitrogens with one attached hydrogen (secondary N) is 1. The Bertz CT molecular complexity index is 960. The molecule has 3 aromatic rings. The molecule has 2 saturated heterocycles. The van der Waals surface area contributed by atoms with E-state index in [1.165, 1.54) is 31.1 Å². The van der Waals surface area contributed by atoms with E-state index in [2.05, 4.69) is 50.4 Å². The molecular formula is C23H28N6. The zero-order valence-electron chi connectivity index (χ0n) is 16.8. The average Bonchev–Trinajstić information content (AvgIpc) is 3.02. The molecule has 6 nitrogen and oxygen atoms in total. The van der Waals surface area contributed by atoms with Gasteiger partial charge >= 0.3 is 0 Å². The number of aromatic nitrogens is 3. The number of fused-ring (bicyclic) bond motifs is 1. The van der Waals surface area contributed by atoms with Crippen molar-refractivity contribution in [2.45, 2.75) is 38.3 Å². The van der Waals surface area contributed by atoms with Gasteiger partial charge in [-0.2, -0.15) is 4.98 Å². The number of para-hydroxylation sites is 1. The fourth-order valence-corrected chi connectivity index (χ4v) is 4.29.